The molecule has 0 aliphatic rings. The molecule has 3 aromatic rings. The first-order chi connectivity index (χ1) is 17.9. The summed E-state index contributed by atoms with van der Waals surface area (Å²) in [4.78, 5) is 28.8. The van der Waals surface area contributed by atoms with Crippen molar-refractivity contribution in [2.75, 3.05) is 10.8 Å². The van der Waals surface area contributed by atoms with Crippen LogP contribution in [0.15, 0.2) is 89.8 Å². The van der Waals surface area contributed by atoms with Gasteiger partial charge < -0.3 is 10.2 Å². The Bertz CT molecular complexity index is 1330. The molecule has 38 heavy (non-hydrogen) atoms. The van der Waals surface area contributed by atoms with E-state index in [9.17, 15) is 18.0 Å². The van der Waals surface area contributed by atoms with Crippen LogP contribution in [0.3, 0.4) is 0 Å². The minimum Gasteiger partial charge on any atom is -0.350 e. The van der Waals surface area contributed by atoms with Crippen molar-refractivity contribution in [3.8, 4) is 0 Å². The molecule has 0 aliphatic carbocycles. The average molecular weight is 648 g/mol. The molecule has 3 aromatic carbocycles. The number of nitrogens with zero attached hydrogens (tertiary/aromatic N) is 2. The van der Waals surface area contributed by atoms with Crippen LogP contribution in [0.1, 0.15) is 39.7 Å². The molecule has 0 fully saturated rings. The third-order valence-corrected chi connectivity index (χ3v) is 8.31. The monoisotopic (exact) mass is 647 g/mol. The molecule has 3 rings (SSSR count). The molecule has 0 saturated carbocycles. The van der Waals surface area contributed by atoms with Gasteiger partial charge in [-0.25, -0.2) is 8.42 Å². The Morgan fingerprint density at radius 2 is 1.45 bits per heavy atom. The number of benzene rings is 3. The summed E-state index contributed by atoms with van der Waals surface area (Å²) in [7, 11) is -4.07. The van der Waals surface area contributed by atoms with Crippen LogP contribution in [0.5, 0.6) is 0 Å². The van der Waals surface area contributed by atoms with E-state index >= 15 is 0 Å². The minimum atomic E-state index is -4.07. The van der Waals surface area contributed by atoms with Crippen molar-refractivity contribution in [2.45, 2.75) is 57.1 Å². The number of nitrogens with one attached hydrogen (secondary N) is 1. The Kier molecular flexibility index (Phi) is 9.94. The predicted octanol–water partition coefficient (Wildman–Crippen LogP) is 5.21. The van der Waals surface area contributed by atoms with Crippen molar-refractivity contribution >= 4 is 50.1 Å². The van der Waals surface area contributed by atoms with E-state index in [0.717, 1.165) is 13.4 Å². The molecule has 0 aromatic heterocycles. The highest BCUT2D eigenvalue weighted by molar-refractivity contribution is 14.1. The van der Waals surface area contributed by atoms with E-state index < -0.39 is 34.1 Å². The molecule has 2 amide bonds. The largest absolute Gasteiger partial charge is 0.350 e. The summed E-state index contributed by atoms with van der Waals surface area (Å²) >= 11 is 2.14. The number of carbonyl (C=O) groups excluding carboxylic acids is 2. The zero-order chi connectivity index (χ0) is 27.9. The van der Waals surface area contributed by atoms with E-state index in [1.165, 1.54) is 17.0 Å². The smallest absolute Gasteiger partial charge is 0.264 e. The molecule has 0 radical (unpaired) electrons. The summed E-state index contributed by atoms with van der Waals surface area (Å²) in [6, 6.07) is 23.6. The Morgan fingerprint density at radius 3 is 1.97 bits per heavy atom. The summed E-state index contributed by atoms with van der Waals surface area (Å²) < 4.78 is 29.6. The molecular weight excluding hydrogens is 613 g/mol. The second-order valence-corrected chi connectivity index (χ2v) is 13.1. The van der Waals surface area contributed by atoms with Crippen LogP contribution in [0, 0.1) is 3.57 Å². The summed E-state index contributed by atoms with van der Waals surface area (Å²) in [6.45, 7) is 7.20. The van der Waals surface area contributed by atoms with Gasteiger partial charge in [-0.05, 0) is 91.7 Å². The fraction of sp³-hybridized carbons (Fsp3) is 0.310. The van der Waals surface area contributed by atoms with Crippen LogP contribution in [0.2, 0.25) is 0 Å². The van der Waals surface area contributed by atoms with E-state index in [4.69, 9.17) is 0 Å². The van der Waals surface area contributed by atoms with Gasteiger partial charge in [0.25, 0.3) is 10.0 Å². The number of hydrogen-bond donors (Lipinski definition) is 1. The second-order valence-electron chi connectivity index (χ2n) is 9.97. The van der Waals surface area contributed by atoms with E-state index in [0.29, 0.717) is 12.1 Å². The Labute approximate surface area is 239 Å². The fourth-order valence-electron chi connectivity index (χ4n) is 4.01. The lowest BCUT2D eigenvalue weighted by atomic mass is 10.1. The molecule has 1 atom stereocenters. The second kappa shape index (κ2) is 12.8. The number of sulfonamides is 1. The van der Waals surface area contributed by atoms with Crippen LogP contribution >= 0.6 is 22.6 Å². The van der Waals surface area contributed by atoms with Crippen LogP contribution in [-0.4, -0.2) is 43.3 Å². The number of hydrogen-bond acceptors (Lipinski definition) is 4. The van der Waals surface area contributed by atoms with E-state index in [1.54, 1.807) is 42.5 Å². The van der Waals surface area contributed by atoms with Crippen LogP contribution in [0.25, 0.3) is 0 Å². The number of rotatable bonds is 10. The highest BCUT2D eigenvalue weighted by Crippen LogP contribution is 2.25. The molecular formula is C29H34IN3O4S. The SMILES string of the molecule is CC[C@H](C(=O)NC(C)(C)C)N(Cc1ccccc1)C(=O)CN(c1ccc(I)cc1)S(=O)(=O)c1ccccc1. The van der Waals surface area contributed by atoms with Crippen LogP contribution < -0.4 is 9.62 Å². The van der Waals surface area contributed by atoms with Gasteiger partial charge in [-0.15, -0.1) is 0 Å². The average Bonchev–Trinajstić information content (AvgIpc) is 2.87. The maximum absolute atomic E-state index is 14.0. The van der Waals surface area contributed by atoms with Crippen molar-refractivity contribution in [1.29, 1.82) is 0 Å². The van der Waals surface area contributed by atoms with E-state index in [-0.39, 0.29) is 17.3 Å². The maximum Gasteiger partial charge on any atom is 0.264 e. The number of halogens is 1. The molecule has 0 aliphatic heterocycles. The summed E-state index contributed by atoms with van der Waals surface area (Å²) in [5.74, 6) is -0.751. The van der Waals surface area contributed by atoms with Gasteiger partial charge in [0, 0.05) is 15.7 Å². The third kappa shape index (κ3) is 7.80. The first kappa shape index (κ1) is 29.6. The normalized spacial score (nSPS) is 12.4. The molecule has 202 valence electrons. The Balaban J connectivity index is 2.04. The molecule has 9 heteroatoms. The number of carbonyl (C=O) groups is 2. The Hall–Kier alpha value is -2.92. The van der Waals surface area contributed by atoms with Gasteiger partial charge in [-0.2, -0.15) is 0 Å². The van der Waals surface area contributed by atoms with Gasteiger partial charge in [0.05, 0.1) is 10.6 Å². The van der Waals surface area contributed by atoms with Crippen molar-refractivity contribution in [2.24, 2.45) is 0 Å². The molecule has 0 saturated heterocycles. The lowest BCUT2D eigenvalue weighted by Crippen LogP contribution is -2.55. The van der Waals surface area contributed by atoms with Gasteiger partial charge in [0.1, 0.15) is 12.6 Å². The standard InChI is InChI=1S/C29H34IN3O4S/c1-5-26(28(35)31-29(2,3)4)32(20-22-12-8-6-9-13-22)27(34)21-33(24-18-16-23(30)17-19-24)38(36,37)25-14-10-7-11-15-25/h6-19,26H,5,20-21H2,1-4H3,(H,31,35)/t26-/m1/s1. The summed E-state index contributed by atoms with van der Waals surface area (Å²) in [5, 5.41) is 2.97. The predicted molar refractivity (Wildman–Crippen MR) is 159 cm³/mol. The highest BCUT2D eigenvalue weighted by Gasteiger charge is 2.34. The van der Waals surface area contributed by atoms with E-state index in [2.05, 4.69) is 27.9 Å². The molecule has 0 spiro atoms. The third-order valence-electron chi connectivity index (χ3n) is 5.80. The van der Waals surface area contributed by atoms with Crippen LogP contribution in [0.4, 0.5) is 5.69 Å². The van der Waals surface area contributed by atoms with Crippen molar-refractivity contribution in [3.63, 3.8) is 0 Å². The van der Waals surface area contributed by atoms with Crippen molar-refractivity contribution in [3.05, 3.63) is 94.1 Å². The topological polar surface area (TPSA) is 86.8 Å². The molecule has 0 unspecified atom stereocenters. The van der Waals surface area contributed by atoms with Gasteiger partial charge in [-0.1, -0.05) is 55.5 Å². The van der Waals surface area contributed by atoms with Gasteiger partial charge in [0.15, 0.2) is 0 Å². The molecule has 0 bridgehead atoms. The summed E-state index contributed by atoms with van der Waals surface area (Å²) in [6.07, 6.45) is 0.370. The maximum atomic E-state index is 14.0. The fourth-order valence-corrected chi connectivity index (χ4v) is 5.80. The Morgan fingerprint density at radius 1 is 0.895 bits per heavy atom. The first-order valence-electron chi connectivity index (χ1n) is 12.4. The van der Waals surface area contributed by atoms with Crippen molar-refractivity contribution < 1.29 is 18.0 Å². The van der Waals surface area contributed by atoms with E-state index in [1.807, 2.05) is 58.0 Å². The first-order valence-corrected chi connectivity index (χ1v) is 14.9. The quantitative estimate of drug-likeness (QED) is 0.307. The molecule has 7 nitrogen and oxygen atoms in total. The molecule has 1 N–H and O–H groups in total. The highest BCUT2D eigenvalue weighted by atomic mass is 127. The minimum absolute atomic E-state index is 0.0819. The van der Waals surface area contributed by atoms with Gasteiger partial charge in [-0.3, -0.25) is 13.9 Å². The number of amides is 2. The van der Waals surface area contributed by atoms with Gasteiger partial charge in [0.2, 0.25) is 11.8 Å². The lowest BCUT2D eigenvalue weighted by molar-refractivity contribution is -0.141. The zero-order valence-corrected chi connectivity index (χ0v) is 25.1. The van der Waals surface area contributed by atoms with Gasteiger partial charge >= 0.3 is 0 Å². The number of anilines is 1. The molecule has 0 heterocycles. The summed E-state index contributed by atoms with van der Waals surface area (Å²) in [5.41, 5.74) is 0.722. The van der Waals surface area contributed by atoms with Crippen LogP contribution in [-0.2, 0) is 26.2 Å². The lowest BCUT2D eigenvalue weighted by Gasteiger charge is -2.34. The van der Waals surface area contributed by atoms with Crippen molar-refractivity contribution in [1.82, 2.24) is 10.2 Å². The zero-order valence-electron chi connectivity index (χ0n) is 22.1.